The number of nitrogens with one attached hydrogen (secondary N) is 1. The molecule has 2 unspecified atom stereocenters. The quantitative estimate of drug-likeness (QED) is 0.842. The molecular weight excluding hydrogens is 270 g/mol. The van der Waals surface area contributed by atoms with Gasteiger partial charge in [-0.1, -0.05) is 12.8 Å². The molecule has 1 spiro atoms. The first-order valence-corrected chi connectivity index (χ1v) is 9.87. The van der Waals surface area contributed by atoms with Gasteiger partial charge in [-0.15, -0.1) is 0 Å². The average Bonchev–Trinajstić information content (AvgIpc) is 2.80. The van der Waals surface area contributed by atoms with E-state index in [4.69, 9.17) is 0 Å². The van der Waals surface area contributed by atoms with Gasteiger partial charge in [0.2, 0.25) is 0 Å². The Balaban J connectivity index is 1.37. The third kappa shape index (κ3) is 4.04. The molecule has 3 fully saturated rings. The Kier molecular flexibility index (Phi) is 5.80. The van der Waals surface area contributed by atoms with E-state index in [0.29, 0.717) is 5.41 Å². The van der Waals surface area contributed by atoms with Crippen LogP contribution in [0.4, 0.5) is 0 Å². The zero-order chi connectivity index (χ0) is 15.4. The number of likely N-dealkylation sites (tertiary alicyclic amines) is 2. The summed E-state index contributed by atoms with van der Waals surface area (Å²) in [5.41, 5.74) is 0.690. The maximum absolute atomic E-state index is 3.47. The summed E-state index contributed by atoms with van der Waals surface area (Å²) in [4.78, 5) is 5.52. The number of nitrogens with zero attached hydrogens (tertiary/aromatic N) is 2. The zero-order valence-electron chi connectivity index (χ0n) is 14.9. The number of hydrogen-bond donors (Lipinski definition) is 1. The molecule has 0 bridgehead atoms. The van der Waals surface area contributed by atoms with Crippen molar-refractivity contribution in [2.75, 3.05) is 39.3 Å². The van der Waals surface area contributed by atoms with Crippen LogP contribution < -0.4 is 5.32 Å². The van der Waals surface area contributed by atoms with Gasteiger partial charge < -0.3 is 15.1 Å². The molecule has 3 saturated heterocycles. The summed E-state index contributed by atoms with van der Waals surface area (Å²) in [6.45, 7) is 12.8. The summed E-state index contributed by atoms with van der Waals surface area (Å²) < 4.78 is 0. The monoisotopic (exact) mass is 307 g/mol. The minimum absolute atomic E-state index is 0.690. The zero-order valence-corrected chi connectivity index (χ0v) is 14.9. The lowest BCUT2D eigenvalue weighted by molar-refractivity contribution is 0.0345. The van der Waals surface area contributed by atoms with E-state index in [1.807, 2.05) is 0 Å². The molecule has 3 nitrogen and oxygen atoms in total. The van der Waals surface area contributed by atoms with Crippen LogP contribution in [0.3, 0.4) is 0 Å². The van der Waals surface area contributed by atoms with Crippen LogP contribution in [0, 0.1) is 5.41 Å². The Bertz CT molecular complexity index is 322. The lowest BCUT2D eigenvalue weighted by atomic mass is 9.73. The minimum Gasteiger partial charge on any atom is -0.316 e. The molecule has 3 rings (SSSR count). The number of hydrogen-bond acceptors (Lipinski definition) is 3. The van der Waals surface area contributed by atoms with Gasteiger partial charge in [-0.25, -0.2) is 0 Å². The van der Waals surface area contributed by atoms with Crippen molar-refractivity contribution in [3.63, 3.8) is 0 Å². The van der Waals surface area contributed by atoms with Crippen molar-refractivity contribution in [3.05, 3.63) is 0 Å². The molecule has 0 radical (unpaired) electrons. The third-order valence-corrected chi connectivity index (χ3v) is 6.75. The van der Waals surface area contributed by atoms with Gasteiger partial charge in [0.1, 0.15) is 0 Å². The van der Waals surface area contributed by atoms with Gasteiger partial charge in [0.05, 0.1) is 0 Å². The average molecular weight is 308 g/mol. The molecule has 3 aliphatic rings. The maximum Gasteiger partial charge on any atom is 0.00675 e. The van der Waals surface area contributed by atoms with Crippen molar-refractivity contribution in [1.29, 1.82) is 0 Å². The highest BCUT2D eigenvalue weighted by molar-refractivity contribution is 4.96. The van der Waals surface area contributed by atoms with Gasteiger partial charge >= 0.3 is 0 Å². The van der Waals surface area contributed by atoms with Gasteiger partial charge in [0, 0.05) is 25.2 Å². The first-order chi connectivity index (χ1) is 10.7. The fourth-order valence-corrected chi connectivity index (χ4v) is 4.65. The molecule has 0 aromatic carbocycles. The van der Waals surface area contributed by atoms with Crippen LogP contribution in [-0.2, 0) is 0 Å². The second-order valence-corrected chi connectivity index (χ2v) is 8.37. The van der Waals surface area contributed by atoms with Crippen molar-refractivity contribution in [3.8, 4) is 0 Å². The highest BCUT2D eigenvalue weighted by Crippen LogP contribution is 2.35. The van der Waals surface area contributed by atoms with Crippen LogP contribution in [0.25, 0.3) is 0 Å². The van der Waals surface area contributed by atoms with E-state index in [-0.39, 0.29) is 0 Å². The Labute approximate surface area is 137 Å². The smallest absolute Gasteiger partial charge is 0.00675 e. The summed E-state index contributed by atoms with van der Waals surface area (Å²) >= 11 is 0. The molecule has 3 aliphatic heterocycles. The van der Waals surface area contributed by atoms with Crippen LogP contribution >= 0.6 is 0 Å². The fraction of sp³-hybridized carbons (Fsp3) is 1.00. The predicted molar refractivity (Wildman–Crippen MR) is 94.3 cm³/mol. The molecule has 22 heavy (non-hydrogen) atoms. The van der Waals surface area contributed by atoms with Gasteiger partial charge in [-0.3, -0.25) is 0 Å². The van der Waals surface area contributed by atoms with Gasteiger partial charge in [-0.05, 0) is 84.0 Å². The van der Waals surface area contributed by atoms with Crippen LogP contribution in [0.1, 0.15) is 65.2 Å². The Hall–Kier alpha value is -0.120. The van der Waals surface area contributed by atoms with Crippen LogP contribution in [-0.4, -0.2) is 61.2 Å². The fourth-order valence-electron chi connectivity index (χ4n) is 4.65. The standard InChI is InChI=1S/C19H37N3/c1-17(21-11-5-3-4-6-12-21)7-8-18(2)22-13-9-19(10-14-22)15-20-16-19/h17-18,20H,3-16H2,1-2H3. The third-order valence-electron chi connectivity index (χ3n) is 6.75. The molecule has 0 amide bonds. The predicted octanol–water partition coefficient (Wildman–Crippen LogP) is 3.11. The second-order valence-electron chi connectivity index (χ2n) is 8.37. The second kappa shape index (κ2) is 7.63. The molecule has 0 saturated carbocycles. The highest BCUT2D eigenvalue weighted by atomic mass is 15.2. The normalized spacial score (nSPS) is 29.7. The summed E-state index contributed by atoms with van der Waals surface area (Å²) in [5, 5.41) is 3.47. The summed E-state index contributed by atoms with van der Waals surface area (Å²) in [7, 11) is 0. The molecule has 0 aliphatic carbocycles. The van der Waals surface area contributed by atoms with Crippen molar-refractivity contribution in [2.24, 2.45) is 5.41 Å². The summed E-state index contributed by atoms with van der Waals surface area (Å²) in [6.07, 6.45) is 11.3. The van der Waals surface area contributed by atoms with Crippen molar-refractivity contribution in [1.82, 2.24) is 15.1 Å². The Morgan fingerprint density at radius 1 is 0.773 bits per heavy atom. The highest BCUT2D eigenvalue weighted by Gasteiger charge is 2.40. The molecule has 0 aromatic rings. The van der Waals surface area contributed by atoms with E-state index in [9.17, 15) is 0 Å². The maximum atomic E-state index is 3.47. The SMILES string of the molecule is CC(CCC(C)N1CCC2(CC1)CNC2)N1CCCCCC1. The molecule has 3 heterocycles. The molecule has 2 atom stereocenters. The van der Waals surface area contributed by atoms with Crippen LogP contribution in [0.5, 0.6) is 0 Å². The minimum atomic E-state index is 0.690. The van der Waals surface area contributed by atoms with E-state index in [0.717, 1.165) is 12.1 Å². The topological polar surface area (TPSA) is 18.5 Å². The lowest BCUT2D eigenvalue weighted by Crippen LogP contribution is -2.59. The van der Waals surface area contributed by atoms with E-state index < -0.39 is 0 Å². The lowest BCUT2D eigenvalue weighted by Gasteiger charge is -2.49. The summed E-state index contributed by atoms with van der Waals surface area (Å²) in [5.74, 6) is 0. The van der Waals surface area contributed by atoms with Gasteiger partial charge in [-0.2, -0.15) is 0 Å². The molecule has 0 aromatic heterocycles. The first kappa shape index (κ1) is 16.7. The molecule has 128 valence electrons. The number of piperidine rings is 1. The largest absolute Gasteiger partial charge is 0.316 e. The van der Waals surface area contributed by atoms with Crippen molar-refractivity contribution < 1.29 is 0 Å². The van der Waals surface area contributed by atoms with Gasteiger partial charge in [0.25, 0.3) is 0 Å². The summed E-state index contributed by atoms with van der Waals surface area (Å²) in [6, 6.07) is 1.56. The first-order valence-electron chi connectivity index (χ1n) is 9.87. The van der Waals surface area contributed by atoms with E-state index in [1.54, 1.807) is 0 Å². The van der Waals surface area contributed by atoms with Crippen LogP contribution in [0.15, 0.2) is 0 Å². The van der Waals surface area contributed by atoms with Crippen molar-refractivity contribution >= 4 is 0 Å². The molecular formula is C19H37N3. The van der Waals surface area contributed by atoms with E-state index >= 15 is 0 Å². The van der Waals surface area contributed by atoms with Crippen molar-refractivity contribution in [2.45, 2.75) is 77.3 Å². The van der Waals surface area contributed by atoms with Gasteiger partial charge in [0.15, 0.2) is 0 Å². The van der Waals surface area contributed by atoms with Crippen LogP contribution in [0.2, 0.25) is 0 Å². The van der Waals surface area contributed by atoms with E-state index in [2.05, 4.69) is 29.0 Å². The molecule has 1 N–H and O–H groups in total. The van der Waals surface area contributed by atoms with E-state index in [1.165, 1.54) is 90.6 Å². The molecule has 3 heteroatoms. The Morgan fingerprint density at radius 3 is 1.73 bits per heavy atom. The Morgan fingerprint density at radius 2 is 1.27 bits per heavy atom. The number of rotatable bonds is 5.